The topological polar surface area (TPSA) is 84.2 Å². The van der Waals surface area contributed by atoms with Gasteiger partial charge in [-0.25, -0.2) is 0 Å². The number of benzene rings is 1. The van der Waals surface area contributed by atoms with Crippen LogP contribution < -0.4 is 16.4 Å². The van der Waals surface area contributed by atoms with E-state index in [0.717, 1.165) is 24.1 Å². The fraction of sp³-hybridized carbons (Fsp3) is 0.467. The molecule has 1 aliphatic rings. The summed E-state index contributed by atoms with van der Waals surface area (Å²) < 4.78 is 0. The SMILES string of the molecule is C[C@@H]1CCC[C@H](N)C(=O)NCc2ccccc2NC1=O. The lowest BCUT2D eigenvalue weighted by atomic mass is 9.99. The van der Waals surface area contributed by atoms with E-state index in [1.165, 1.54) is 0 Å². The minimum atomic E-state index is -0.503. The lowest BCUT2D eigenvalue weighted by molar-refractivity contribution is -0.122. The molecule has 0 saturated heterocycles. The molecule has 0 unspecified atom stereocenters. The number of amides is 2. The van der Waals surface area contributed by atoms with Crippen molar-refractivity contribution in [3.05, 3.63) is 29.8 Å². The minimum absolute atomic E-state index is 0.0120. The van der Waals surface area contributed by atoms with Gasteiger partial charge >= 0.3 is 0 Å². The largest absolute Gasteiger partial charge is 0.351 e. The zero-order chi connectivity index (χ0) is 14.5. The van der Waals surface area contributed by atoms with Gasteiger partial charge < -0.3 is 16.4 Å². The van der Waals surface area contributed by atoms with Crippen LogP contribution in [0, 0.1) is 5.92 Å². The lowest BCUT2D eigenvalue weighted by Gasteiger charge is -2.19. The third-order valence-corrected chi connectivity index (χ3v) is 3.66. The number of hydrogen-bond acceptors (Lipinski definition) is 3. The molecule has 1 aliphatic heterocycles. The molecule has 5 nitrogen and oxygen atoms in total. The molecule has 1 aromatic carbocycles. The molecule has 0 radical (unpaired) electrons. The predicted octanol–water partition coefficient (Wildman–Crippen LogP) is 1.39. The maximum absolute atomic E-state index is 12.1. The molecule has 1 aromatic rings. The fourth-order valence-corrected chi connectivity index (χ4v) is 2.27. The second kappa shape index (κ2) is 6.52. The Kier molecular flexibility index (Phi) is 4.74. The van der Waals surface area contributed by atoms with Crippen molar-refractivity contribution in [3.8, 4) is 0 Å². The second-order valence-corrected chi connectivity index (χ2v) is 5.30. The zero-order valence-corrected chi connectivity index (χ0v) is 11.7. The molecule has 0 bridgehead atoms. The van der Waals surface area contributed by atoms with Crippen LogP contribution in [0.5, 0.6) is 0 Å². The van der Waals surface area contributed by atoms with E-state index >= 15 is 0 Å². The molecule has 2 atom stereocenters. The summed E-state index contributed by atoms with van der Waals surface area (Å²) >= 11 is 0. The molecule has 108 valence electrons. The fourth-order valence-electron chi connectivity index (χ4n) is 2.27. The Bertz CT molecular complexity index is 502. The molecule has 4 N–H and O–H groups in total. The van der Waals surface area contributed by atoms with Crippen molar-refractivity contribution in [3.63, 3.8) is 0 Å². The molecule has 0 spiro atoms. The van der Waals surface area contributed by atoms with Gasteiger partial charge in [0, 0.05) is 18.2 Å². The summed E-state index contributed by atoms with van der Waals surface area (Å²) in [6, 6.07) is 6.97. The molecular formula is C15H21N3O2. The number of carbonyl (C=O) groups is 2. The van der Waals surface area contributed by atoms with Crippen molar-refractivity contribution >= 4 is 17.5 Å². The van der Waals surface area contributed by atoms with Crippen molar-refractivity contribution in [2.75, 3.05) is 5.32 Å². The highest BCUT2D eigenvalue weighted by Crippen LogP contribution is 2.18. The highest BCUT2D eigenvalue weighted by atomic mass is 16.2. The van der Waals surface area contributed by atoms with Gasteiger partial charge in [0.05, 0.1) is 6.04 Å². The molecule has 0 fully saturated rings. The first-order chi connectivity index (χ1) is 9.58. The Morgan fingerprint density at radius 2 is 1.90 bits per heavy atom. The summed E-state index contributed by atoms with van der Waals surface area (Å²) in [5.41, 5.74) is 7.48. The number of para-hydroxylation sites is 1. The monoisotopic (exact) mass is 275 g/mol. The standard InChI is InChI=1S/C15H21N3O2/c1-10-5-4-7-12(16)15(20)17-9-11-6-2-3-8-13(11)18-14(10)19/h2-3,6,8,10,12H,4-5,7,9,16H2,1H3,(H,17,20)(H,18,19)/t10-,12+/m1/s1. The summed E-state index contributed by atoms with van der Waals surface area (Å²) in [4.78, 5) is 24.0. The Morgan fingerprint density at radius 1 is 1.15 bits per heavy atom. The Hall–Kier alpha value is -1.88. The van der Waals surface area contributed by atoms with Gasteiger partial charge in [0.1, 0.15) is 0 Å². The molecular weight excluding hydrogens is 254 g/mol. The van der Waals surface area contributed by atoms with Crippen molar-refractivity contribution in [2.24, 2.45) is 11.7 Å². The first-order valence-electron chi connectivity index (χ1n) is 7.00. The predicted molar refractivity (Wildman–Crippen MR) is 77.9 cm³/mol. The molecule has 1 heterocycles. The second-order valence-electron chi connectivity index (χ2n) is 5.30. The molecule has 20 heavy (non-hydrogen) atoms. The summed E-state index contributed by atoms with van der Waals surface area (Å²) in [7, 11) is 0. The number of nitrogens with two attached hydrogens (primary N) is 1. The van der Waals surface area contributed by atoms with E-state index < -0.39 is 6.04 Å². The van der Waals surface area contributed by atoms with E-state index in [0.29, 0.717) is 13.0 Å². The number of hydrogen-bond donors (Lipinski definition) is 3. The van der Waals surface area contributed by atoms with Crippen molar-refractivity contribution in [1.82, 2.24) is 5.32 Å². The molecule has 2 amide bonds. The van der Waals surface area contributed by atoms with Gasteiger partial charge in [-0.2, -0.15) is 0 Å². The first-order valence-corrected chi connectivity index (χ1v) is 7.00. The van der Waals surface area contributed by atoms with Gasteiger partial charge in [-0.05, 0) is 24.5 Å². The average molecular weight is 275 g/mol. The van der Waals surface area contributed by atoms with Gasteiger partial charge in [0.25, 0.3) is 0 Å². The Balaban J connectivity index is 2.22. The maximum atomic E-state index is 12.1. The van der Waals surface area contributed by atoms with E-state index in [9.17, 15) is 9.59 Å². The van der Waals surface area contributed by atoms with E-state index in [1.807, 2.05) is 31.2 Å². The van der Waals surface area contributed by atoms with Gasteiger partial charge in [-0.1, -0.05) is 31.5 Å². The molecule has 0 aromatic heterocycles. The van der Waals surface area contributed by atoms with Gasteiger partial charge in [-0.3, -0.25) is 9.59 Å². The van der Waals surface area contributed by atoms with Crippen LogP contribution in [-0.2, 0) is 16.1 Å². The highest BCUT2D eigenvalue weighted by Gasteiger charge is 2.19. The number of rotatable bonds is 0. The van der Waals surface area contributed by atoms with Gasteiger partial charge in [0.15, 0.2) is 0 Å². The van der Waals surface area contributed by atoms with Crippen LogP contribution >= 0.6 is 0 Å². The lowest BCUT2D eigenvalue weighted by Crippen LogP contribution is -2.40. The third-order valence-electron chi connectivity index (χ3n) is 3.66. The number of carbonyl (C=O) groups excluding carboxylic acids is 2. The third kappa shape index (κ3) is 3.57. The summed E-state index contributed by atoms with van der Waals surface area (Å²) in [5, 5.41) is 5.75. The van der Waals surface area contributed by atoms with E-state index in [-0.39, 0.29) is 17.7 Å². The van der Waals surface area contributed by atoms with E-state index in [2.05, 4.69) is 10.6 Å². The molecule has 0 aliphatic carbocycles. The number of anilines is 1. The average Bonchev–Trinajstić information content (AvgIpc) is 2.44. The van der Waals surface area contributed by atoms with Crippen LogP contribution in [0.4, 0.5) is 5.69 Å². The van der Waals surface area contributed by atoms with Crippen molar-refractivity contribution in [2.45, 2.75) is 38.8 Å². The van der Waals surface area contributed by atoms with E-state index in [1.54, 1.807) is 0 Å². The Morgan fingerprint density at radius 3 is 2.70 bits per heavy atom. The summed E-state index contributed by atoms with van der Waals surface area (Å²) in [6.45, 7) is 2.27. The van der Waals surface area contributed by atoms with Crippen LogP contribution in [-0.4, -0.2) is 17.9 Å². The molecule has 2 rings (SSSR count). The minimum Gasteiger partial charge on any atom is -0.351 e. The number of nitrogens with one attached hydrogen (secondary N) is 2. The van der Waals surface area contributed by atoms with E-state index in [4.69, 9.17) is 5.73 Å². The van der Waals surface area contributed by atoms with Gasteiger partial charge in [-0.15, -0.1) is 0 Å². The van der Waals surface area contributed by atoms with Crippen LogP contribution in [0.3, 0.4) is 0 Å². The smallest absolute Gasteiger partial charge is 0.237 e. The van der Waals surface area contributed by atoms with Crippen LogP contribution in [0.25, 0.3) is 0 Å². The summed E-state index contributed by atoms with van der Waals surface area (Å²) in [6.07, 6.45) is 2.10. The normalized spacial score (nSPS) is 24.7. The van der Waals surface area contributed by atoms with Crippen LogP contribution in [0.2, 0.25) is 0 Å². The number of fused-ring (bicyclic) bond motifs is 1. The first kappa shape index (κ1) is 14.5. The zero-order valence-electron chi connectivity index (χ0n) is 11.7. The van der Waals surface area contributed by atoms with Crippen LogP contribution in [0.1, 0.15) is 31.7 Å². The van der Waals surface area contributed by atoms with Crippen LogP contribution in [0.15, 0.2) is 24.3 Å². The quantitative estimate of drug-likeness (QED) is 0.669. The highest BCUT2D eigenvalue weighted by molar-refractivity contribution is 5.93. The van der Waals surface area contributed by atoms with Gasteiger partial charge in [0.2, 0.25) is 11.8 Å². The van der Waals surface area contributed by atoms with Crippen molar-refractivity contribution < 1.29 is 9.59 Å². The molecule has 5 heteroatoms. The molecule has 0 saturated carbocycles. The summed E-state index contributed by atoms with van der Waals surface area (Å²) in [5.74, 6) is -0.213. The maximum Gasteiger partial charge on any atom is 0.237 e. The Labute approximate surface area is 118 Å². The van der Waals surface area contributed by atoms with Crippen molar-refractivity contribution in [1.29, 1.82) is 0 Å².